The first-order valence-electron chi connectivity index (χ1n) is 16.3. The van der Waals surface area contributed by atoms with Gasteiger partial charge in [-0.3, -0.25) is 9.08 Å². The van der Waals surface area contributed by atoms with Crippen molar-refractivity contribution in [2.24, 2.45) is 0 Å². The molecular weight excluding hydrogens is 731 g/mol. The smallest absolute Gasteiger partial charge is 0.338 e. The lowest BCUT2D eigenvalue weighted by molar-refractivity contribution is 0.0601. The van der Waals surface area contributed by atoms with Gasteiger partial charge in [0.25, 0.3) is 0 Å². The van der Waals surface area contributed by atoms with Crippen LogP contribution in [0.25, 0.3) is 39.2 Å². The van der Waals surface area contributed by atoms with E-state index in [-0.39, 0.29) is 5.97 Å². The number of aromatic nitrogens is 4. The first-order chi connectivity index (χ1) is 24.6. The molecule has 8 rings (SSSR count). The Morgan fingerprint density at radius 2 is 1.16 bits per heavy atom. The standard InChI is InChI=1S/C43H31IN4O2/c1-50-42(49)37-20-12-11-19-36(37)30-21-23-31(24-22-30)41-38(32-25-26-40-45-27-39(44)47(40)28-32)29-48(46-41)43(33-13-5-2-6-14-33,34-15-7-3-8-16-34)35-17-9-4-10-18-35/h2-29H,1H3. The largest absolute Gasteiger partial charge is 0.465 e. The van der Waals surface area contributed by atoms with Gasteiger partial charge in [-0.2, -0.15) is 5.10 Å². The molecule has 6 nitrogen and oxygen atoms in total. The monoisotopic (exact) mass is 762 g/mol. The van der Waals surface area contributed by atoms with Gasteiger partial charge in [-0.05, 0) is 68.6 Å². The quantitative estimate of drug-likeness (QED) is 0.0879. The van der Waals surface area contributed by atoms with Crippen molar-refractivity contribution < 1.29 is 9.53 Å². The van der Waals surface area contributed by atoms with Crippen LogP contribution in [0.5, 0.6) is 0 Å². The van der Waals surface area contributed by atoms with Crippen LogP contribution in [0.2, 0.25) is 0 Å². The summed E-state index contributed by atoms with van der Waals surface area (Å²) >= 11 is 2.32. The minimum Gasteiger partial charge on any atom is -0.465 e. The molecular formula is C43H31IN4O2. The summed E-state index contributed by atoms with van der Waals surface area (Å²) < 4.78 is 10.3. The number of nitrogens with zero attached hydrogens (tertiary/aromatic N) is 4. The summed E-state index contributed by atoms with van der Waals surface area (Å²) in [5, 5.41) is 5.53. The average molecular weight is 763 g/mol. The van der Waals surface area contributed by atoms with Crippen molar-refractivity contribution in [1.29, 1.82) is 0 Å². The molecule has 3 aromatic heterocycles. The van der Waals surface area contributed by atoms with E-state index in [9.17, 15) is 4.79 Å². The number of esters is 1. The van der Waals surface area contributed by atoms with Crippen LogP contribution >= 0.6 is 22.6 Å². The molecule has 0 aliphatic carbocycles. The number of methoxy groups -OCH3 is 1. The number of hydrogen-bond donors (Lipinski definition) is 0. The molecule has 0 saturated carbocycles. The third kappa shape index (κ3) is 5.40. The van der Waals surface area contributed by atoms with Crippen molar-refractivity contribution in [3.05, 3.63) is 196 Å². The van der Waals surface area contributed by atoms with Crippen molar-refractivity contribution in [2.45, 2.75) is 5.54 Å². The normalized spacial score (nSPS) is 11.5. The van der Waals surface area contributed by atoms with Gasteiger partial charge in [-0.25, -0.2) is 9.78 Å². The molecule has 3 heterocycles. The van der Waals surface area contributed by atoms with Crippen LogP contribution in [0.15, 0.2) is 170 Å². The molecule has 0 atom stereocenters. The Morgan fingerprint density at radius 3 is 1.76 bits per heavy atom. The molecule has 0 aliphatic heterocycles. The van der Waals surface area contributed by atoms with Crippen molar-refractivity contribution in [1.82, 2.24) is 19.2 Å². The summed E-state index contributed by atoms with van der Waals surface area (Å²) in [4.78, 5) is 17.2. The number of pyridine rings is 1. The van der Waals surface area contributed by atoms with Gasteiger partial charge in [0, 0.05) is 29.1 Å². The van der Waals surface area contributed by atoms with Crippen LogP contribution in [0.1, 0.15) is 27.0 Å². The molecule has 0 N–H and O–H groups in total. The Bertz CT molecular complexity index is 2340. The molecule has 50 heavy (non-hydrogen) atoms. The number of carbonyl (C=O) groups excluding carboxylic acids is 1. The summed E-state index contributed by atoms with van der Waals surface area (Å²) in [6.45, 7) is 0. The van der Waals surface area contributed by atoms with E-state index in [1.807, 2.05) is 60.8 Å². The highest BCUT2D eigenvalue weighted by Gasteiger charge is 2.40. The Balaban J connectivity index is 1.39. The molecule has 0 unspecified atom stereocenters. The number of imidazole rings is 1. The zero-order chi connectivity index (χ0) is 34.1. The van der Waals surface area contributed by atoms with E-state index < -0.39 is 5.54 Å². The highest BCUT2D eigenvalue weighted by atomic mass is 127. The van der Waals surface area contributed by atoms with E-state index in [0.29, 0.717) is 5.56 Å². The van der Waals surface area contributed by atoms with Gasteiger partial charge in [0.05, 0.1) is 18.9 Å². The number of fused-ring (bicyclic) bond motifs is 1. The molecule has 242 valence electrons. The molecule has 0 fully saturated rings. The van der Waals surface area contributed by atoms with Gasteiger partial charge in [-0.15, -0.1) is 0 Å². The zero-order valence-corrected chi connectivity index (χ0v) is 29.3. The topological polar surface area (TPSA) is 61.4 Å². The Kier molecular flexibility index (Phi) is 8.34. The zero-order valence-electron chi connectivity index (χ0n) is 27.1. The van der Waals surface area contributed by atoms with Crippen LogP contribution in [0, 0.1) is 3.70 Å². The summed E-state index contributed by atoms with van der Waals surface area (Å²) in [7, 11) is 1.41. The fourth-order valence-corrected chi connectivity index (χ4v) is 7.37. The lowest BCUT2D eigenvalue weighted by Gasteiger charge is -2.36. The molecule has 8 aromatic rings. The second kappa shape index (κ2) is 13.2. The molecule has 5 aromatic carbocycles. The Labute approximate surface area is 303 Å². The molecule has 0 saturated heterocycles. The van der Waals surface area contributed by atoms with Gasteiger partial charge in [-0.1, -0.05) is 133 Å². The second-order valence-electron chi connectivity index (χ2n) is 12.0. The van der Waals surface area contributed by atoms with Crippen molar-refractivity contribution in [3.8, 4) is 33.5 Å². The maximum atomic E-state index is 12.6. The van der Waals surface area contributed by atoms with Crippen molar-refractivity contribution >= 4 is 34.2 Å². The molecule has 0 amide bonds. The van der Waals surface area contributed by atoms with Crippen LogP contribution in [-0.4, -0.2) is 32.2 Å². The van der Waals surface area contributed by atoms with Gasteiger partial charge in [0.15, 0.2) is 0 Å². The predicted molar refractivity (Wildman–Crippen MR) is 206 cm³/mol. The van der Waals surface area contributed by atoms with E-state index in [1.165, 1.54) is 7.11 Å². The number of benzene rings is 5. The fourth-order valence-electron chi connectivity index (χ4n) is 6.85. The molecule has 0 spiro atoms. The first-order valence-corrected chi connectivity index (χ1v) is 17.3. The Hall–Kier alpha value is -5.80. The van der Waals surface area contributed by atoms with Crippen molar-refractivity contribution in [3.63, 3.8) is 0 Å². The van der Waals surface area contributed by atoms with Crippen molar-refractivity contribution in [2.75, 3.05) is 7.11 Å². The SMILES string of the molecule is COC(=O)c1ccccc1-c1ccc(-c2nn(C(c3ccccc3)(c3ccccc3)c3ccccc3)cc2-c2ccc3ncc(I)n3c2)cc1. The number of rotatable bonds is 8. The molecule has 7 heteroatoms. The van der Waals surface area contributed by atoms with Gasteiger partial charge in [0.2, 0.25) is 0 Å². The fraction of sp³-hybridized carbons (Fsp3) is 0.0465. The van der Waals surface area contributed by atoms with E-state index in [4.69, 9.17) is 9.84 Å². The van der Waals surface area contributed by atoms with E-state index in [2.05, 4.69) is 140 Å². The maximum Gasteiger partial charge on any atom is 0.338 e. The summed E-state index contributed by atoms with van der Waals surface area (Å²) in [5.74, 6) is -0.366. The third-order valence-electron chi connectivity index (χ3n) is 9.21. The number of halogens is 1. The second-order valence-corrected chi connectivity index (χ2v) is 13.1. The molecule has 0 radical (unpaired) electrons. The average Bonchev–Trinajstić information content (AvgIpc) is 3.80. The number of hydrogen-bond acceptors (Lipinski definition) is 4. The van der Waals surface area contributed by atoms with Crippen LogP contribution in [0.4, 0.5) is 0 Å². The van der Waals surface area contributed by atoms with Gasteiger partial charge >= 0.3 is 5.97 Å². The number of ether oxygens (including phenoxy) is 1. The predicted octanol–water partition coefficient (Wildman–Crippen LogP) is 9.76. The highest BCUT2D eigenvalue weighted by molar-refractivity contribution is 14.1. The third-order valence-corrected chi connectivity index (χ3v) is 10.0. The van der Waals surface area contributed by atoms with Crippen LogP contribution < -0.4 is 0 Å². The van der Waals surface area contributed by atoms with E-state index in [0.717, 1.165) is 59.5 Å². The molecule has 0 aliphatic rings. The molecule has 0 bridgehead atoms. The minimum absolute atomic E-state index is 0.366. The lowest BCUT2D eigenvalue weighted by Crippen LogP contribution is -2.38. The summed E-state index contributed by atoms with van der Waals surface area (Å²) in [6, 6.07) is 51.6. The number of carbonyl (C=O) groups is 1. The van der Waals surface area contributed by atoms with E-state index >= 15 is 0 Å². The minimum atomic E-state index is -0.788. The lowest BCUT2D eigenvalue weighted by atomic mass is 9.77. The first kappa shape index (κ1) is 31.5. The summed E-state index contributed by atoms with van der Waals surface area (Å²) in [6.07, 6.45) is 6.18. The maximum absolute atomic E-state index is 12.6. The summed E-state index contributed by atoms with van der Waals surface area (Å²) in [5.41, 5.74) is 9.38. The van der Waals surface area contributed by atoms with Gasteiger partial charge in [0.1, 0.15) is 20.6 Å². The van der Waals surface area contributed by atoms with Gasteiger partial charge < -0.3 is 4.74 Å². The van der Waals surface area contributed by atoms with E-state index in [1.54, 1.807) is 6.07 Å². The van der Waals surface area contributed by atoms with Crippen LogP contribution in [0.3, 0.4) is 0 Å². The Morgan fingerprint density at radius 1 is 0.620 bits per heavy atom. The highest BCUT2D eigenvalue weighted by Crippen LogP contribution is 2.43. The van der Waals surface area contributed by atoms with Crippen LogP contribution in [-0.2, 0) is 10.3 Å².